The van der Waals surface area contributed by atoms with E-state index in [0.29, 0.717) is 17.9 Å². The molecule has 0 spiro atoms. The van der Waals surface area contributed by atoms with E-state index in [4.69, 9.17) is 5.73 Å². The van der Waals surface area contributed by atoms with E-state index < -0.39 is 5.54 Å². The Morgan fingerprint density at radius 1 is 1.30 bits per heavy atom. The van der Waals surface area contributed by atoms with Crippen LogP contribution in [0.25, 0.3) is 5.82 Å². The van der Waals surface area contributed by atoms with Crippen molar-refractivity contribution in [1.29, 1.82) is 0 Å². The van der Waals surface area contributed by atoms with Gasteiger partial charge in [0.15, 0.2) is 5.82 Å². The number of nitrogens with one attached hydrogen (secondary N) is 1. The highest BCUT2D eigenvalue weighted by Gasteiger charge is 2.19. The molecule has 0 aliphatic heterocycles. The molecule has 0 aromatic carbocycles. The van der Waals surface area contributed by atoms with E-state index >= 15 is 0 Å². The average molecular weight is 360 g/mol. The van der Waals surface area contributed by atoms with E-state index in [1.165, 1.54) is 0 Å². The molecule has 2 rings (SSSR count). The molecule has 0 atom stereocenters. The van der Waals surface area contributed by atoms with Crippen molar-refractivity contribution in [3.63, 3.8) is 0 Å². The highest BCUT2D eigenvalue weighted by Crippen LogP contribution is 2.11. The van der Waals surface area contributed by atoms with Crippen LogP contribution in [0.3, 0.4) is 0 Å². The van der Waals surface area contributed by atoms with E-state index in [1.54, 1.807) is 23.0 Å². The summed E-state index contributed by atoms with van der Waals surface area (Å²) in [5.74, 6) is 0.508. The number of carbonyl (C=O) groups excluding carboxylic acids is 1. The lowest BCUT2D eigenvalue weighted by molar-refractivity contribution is 0.0915. The third kappa shape index (κ3) is 5.20. The Morgan fingerprint density at radius 2 is 1.96 bits per heavy atom. The molecular formula is C15H23Cl2N5O. The van der Waals surface area contributed by atoms with Crippen molar-refractivity contribution >= 4 is 30.7 Å². The van der Waals surface area contributed by atoms with Crippen LogP contribution in [0, 0.1) is 13.8 Å². The van der Waals surface area contributed by atoms with E-state index in [-0.39, 0.29) is 30.7 Å². The number of amides is 1. The maximum atomic E-state index is 12.1. The van der Waals surface area contributed by atoms with Crippen molar-refractivity contribution < 1.29 is 4.79 Å². The van der Waals surface area contributed by atoms with E-state index in [1.807, 2.05) is 33.8 Å². The summed E-state index contributed by atoms with van der Waals surface area (Å²) >= 11 is 0. The number of aromatic nitrogens is 3. The van der Waals surface area contributed by atoms with Gasteiger partial charge in [0.05, 0.1) is 11.3 Å². The zero-order valence-corrected chi connectivity index (χ0v) is 15.3. The lowest BCUT2D eigenvalue weighted by atomic mass is 10.1. The lowest BCUT2D eigenvalue weighted by Gasteiger charge is -2.24. The number of nitrogens with zero attached hydrogens (tertiary/aromatic N) is 3. The first kappa shape index (κ1) is 21.4. The number of pyridine rings is 1. The van der Waals surface area contributed by atoms with Crippen LogP contribution in [0.5, 0.6) is 0 Å². The Balaban J connectivity index is 0.00000242. The van der Waals surface area contributed by atoms with Crippen molar-refractivity contribution in [3.8, 4) is 5.82 Å². The molecule has 2 aromatic rings. The number of halogens is 2. The molecule has 0 saturated carbocycles. The first-order chi connectivity index (χ1) is 9.82. The fourth-order valence-electron chi connectivity index (χ4n) is 1.94. The van der Waals surface area contributed by atoms with Gasteiger partial charge in [0.25, 0.3) is 5.91 Å². The smallest absolute Gasteiger partial charge is 0.253 e. The second-order valence-corrected chi connectivity index (χ2v) is 5.79. The summed E-state index contributed by atoms with van der Waals surface area (Å²) in [6.45, 7) is 8.02. The van der Waals surface area contributed by atoms with Gasteiger partial charge in [0.1, 0.15) is 0 Å². The van der Waals surface area contributed by atoms with E-state index in [0.717, 1.165) is 11.4 Å². The number of rotatable bonds is 4. The fraction of sp³-hybridized carbons (Fsp3) is 0.400. The predicted molar refractivity (Wildman–Crippen MR) is 95.9 cm³/mol. The van der Waals surface area contributed by atoms with Crippen LogP contribution in [-0.2, 0) is 0 Å². The molecular weight excluding hydrogens is 337 g/mol. The van der Waals surface area contributed by atoms with Gasteiger partial charge in [0.2, 0.25) is 0 Å². The van der Waals surface area contributed by atoms with Gasteiger partial charge in [-0.05, 0) is 45.9 Å². The number of carbonyl (C=O) groups is 1. The minimum Gasteiger partial charge on any atom is -0.346 e. The first-order valence-electron chi connectivity index (χ1n) is 6.85. The van der Waals surface area contributed by atoms with Crippen molar-refractivity contribution in [2.45, 2.75) is 33.2 Å². The molecule has 0 aliphatic rings. The molecule has 2 aromatic heterocycles. The zero-order chi connectivity index (χ0) is 15.6. The van der Waals surface area contributed by atoms with Crippen molar-refractivity contribution in [3.05, 3.63) is 41.3 Å². The summed E-state index contributed by atoms with van der Waals surface area (Å²) in [5, 5.41) is 7.24. The molecule has 0 radical (unpaired) electrons. The minimum absolute atomic E-state index is 0. The number of nitrogens with two attached hydrogens (primary N) is 1. The molecule has 0 unspecified atom stereocenters. The van der Waals surface area contributed by atoms with E-state index in [2.05, 4.69) is 15.4 Å². The largest absolute Gasteiger partial charge is 0.346 e. The zero-order valence-electron chi connectivity index (χ0n) is 13.7. The molecule has 8 heteroatoms. The van der Waals surface area contributed by atoms with E-state index in [9.17, 15) is 4.79 Å². The molecule has 1 amide bonds. The minimum atomic E-state index is -0.439. The standard InChI is InChI=1S/C15H21N5O.2ClH/c1-10-7-11(2)20(19-10)13-6-5-12(8-17-13)14(21)18-15(3,4)9-16;;/h5-8H,9,16H2,1-4H3,(H,18,21);2*1H. The molecule has 2 heterocycles. The molecule has 0 saturated heterocycles. The molecule has 6 nitrogen and oxygen atoms in total. The number of aryl methyl sites for hydroxylation is 2. The Morgan fingerprint density at radius 3 is 2.39 bits per heavy atom. The van der Waals surface area contributed by atoms with Crippen LogP contribution >= 0.6 is 24.8 Å². The Labute approximate surface area is 148 Å². The molecule has 23 heavy (non-hydrogen) atoms. The molecule has 0 bridgehead atoms. The van der Waals surface area contributed by atoms with Crippen LogP contribution in [0.1, 0.15) is 35.6 Å². The van der Waals surface area contributed by atoms with Crippen molar-refractivity contribution in [2.24, 2.45) is 5.73 Å². The summed E-state index contributed by atoms with van der Waals surface area (Å²) in [6, 6.07) is 5.50. The maximum Gasteiger partial charge on any atom is 0.253 e. The summed E-state index contributed by atoms with van der Waals surface area (Å²) in [4.78, 5) is 16.4. The lowest BCUT2D eigenvalue weighted by Crippen LogP contribution is -2.48. The van der Waals surface area contributed by atoms with Gasteiger partial charge in [-0.15, -0.1) is 24.8 Å². The fourth-order valence-corrected chi connectivity index (χ4v) is 1.94. The van der Waals surface area contributed by atoms with Gasteiger partial charge in [-0.25, -0.2) is 9.67 Å². The summed E-state index contributed by atoms with van der Waals surface area (Å²) in [5.41, 5.74) is 7.61. The topological polar surface area (TPSA) is 85.8 Å². The first-order valence-corrected chi connectivity index (χ1v) is 6.85. The Kier molecular flexibility index (Phi) is 7.70. The Hall–Kier alpha value is -1.63. The maximum absolute atomic E-state index is 12.1. The van der Waals surface area contributed by atoms with Crippen LogP contribution < -0.4 is 11.1 Å². The Bertz CT molecular complexity index is 652. The van der Waals surface area contributed by atoms with Gasteiger partial charge in [-0.3, -0.25) is 4.79 Å². The summed E-state index contributed by atoms with van der Waals surface area (Å²) in [7, 11) is 0. The van der Waals surface area contributed by atoms with Crippen molar-refractivity contribution in [2.75, 3.05) is 6.54 Å². The summed E-state index contributed by atoms with van der Waals surface area (Å²) in [6.07, 6.45) is 1.55. The quantitative estimate of drug-likeness (QED) is 0.875. The van der Waals surface area contributed by atoms with Crippen LogP contribution in [0.15, 0.2) is 24.4 Å². The van der Waals surface area contributed by atoms with Crippen LogP contribution in [-0.4, -0.2) is 32.8 Å². The van der Waals surface area contributed by atoms with Crippen LogP contribution in [0.4, 0.5) is 0 Å². The molecule has 0 aliphatic carbocycles. The van der Waals surface area contributed by atoms with Gasteiger partial charge < -0.3 is 11.1 Å². The average Bonchev–Trinajstić information content (AvgIpc) is 2.77. The SMILES string of the molecule is Cc1cc(C)n(-c2ccc(C(=O)NC(C)(C)CN)cn2)n1.Cl.Cl. The second-order valence-electron chi connectivity index (χ2n) is 5.79. The number of hydrogen-bond acceptors (Lipinski definition) is 4. The normalized spacial score (nSPS) is 10.5. The predicted octanol–water partition coefficient (Wildman–Crippen LogP) is 2.19. The van der Waals surface area contributed by atoms with Gasteiger partial charge in [-0.1, -0.05) is 0 Å². The van der Waals surface area contributed by atoms with Crippen LogP contribution in [0.2, 0.25) is 0 Å². The highest BCUT2D eigenvalue weighted by molar-refractivity contribution is 5.94. The van der Waals surface area contributed by atoms with Gasteiger partial charge in [-0.2, -0.15) is 5.10 Å². The van der Waals surface area contributed by atoms with Gasteiger partial charge in [0, 0.05) is 24.0 Å². The highest BCUT2D eigenvalue weighted by atomic mass is 35.5. The summed E-state index contributed by atoms with van der Waals surface area (Å²) < 4.78 is 1.75. The second kappa shape index (κ2) is 8.29. The molecule has 128 valence electrons. The van der Waals surface area contributed by atoms with Gasteiger partial charge >= 0.3 is 0 Å². The molecule has 3 N–H and O–H groups in total. The monoisotopic (exact) mass is 359 g/mol. The third-order valence-corrected chi connectivity index (χ3v) is 3.20. The number of hydrogen-bond donors (Lipinski definition) is 2. The molecule has 0 fully saturated rings. The third-order valence-electron chi connectivity index (χ3n) is 3.20. The van der Waals surface area contributed by atoms with Crippen molar-refractivity contribution in [1.82, 2.24) is 20.1 Å².